The molecule has 1 aromatic carbocycles. The molecule has 0 aromatic heterocycles. The summed E-state index contributed by atoms with van der Waals surface area (Å²) in [5.74, 6) is 1.84. The molecule has 1 aliphatic heterocycles. The lowest BCUT2D eigenvalue weighted by Gasteiger charge is -2.37. The molecule has 1 unspecified atom stereocenters. The summed E-state index contributed by atoms with van der Waals surface area (Å²) in [5, 5.41) is 3.88. The third-order valence-corrected chi connectivity index (χ3v) is 6.29. The standard InChI is InChI=1S/C22H36N2/c1-22(2,3)20-11-9-18(10-12-20)15-23-21-13-14-24(17-21)16-19-7-5-4-6-8-19/h4-8,18,20-21,23H,9-17H2,1-3H3. The van der Waals surface area contributed by atoms with Crippen molar-refractivity contribution in [2.75, 3.05) is 19.6 Å². The maximum Gasteiger partial charge on any atom is 0.0234 e. The van der Waals surface area contributed by atoms with Crippen LogP contribution in [-0.4, -0.2) is 30.6 Å². The Kier molecular flexibility index (Phi) is 5.99. The smallest absolute Gasteiger partial charge is 0.0234 e. The summed E-state index contributed by atoms with van der Waals surface area (Å²) in [6.07, 6.45) is 7.02. The van der Waals surface area contributed by atoms with Crippen molar-refractivity contribution in [3.05, 3.63) is 35.9 Å². The van der Waals surface area contributed by atoms with Gasteiger partial charge in [0.05, 0.1) is 0 Å². The Morgan fingerprint density at radius 1 is 1.00 bits per heavy atom. The minimum absolute atomic E-state index is 0.502. The van der Waals surface area contributed by atoms with Crippen LogP contribution in [0.15, 0.2) is 30.3 Å². The number of nitrogens with one attached hydrogen (secondary N) is 1. The van der Waals surface area contributed by atoms with E-state index in [1.54, 1.807) is 0 Å². The van der Waals surface area contributed by atoms with E-state index >= 15 is 0 Å². The monoisotopic (exact) mass is 328 g/mol. The first kappa shape index (κ1) is 17.9. The first-order chi connectivity index (χ1) is 11.5. The molecular formula is C22H36N2. The molecule has 0 amide bonds. The minimum atomic E-state index is 0.502. The highest BCUT2D eigenvalue weighted by atomic mass is 15.2. The fourth-order valence-corrected chi connectivity index (χ4v) is 4.55. The Labute approximate surface area is 149 Å². The van der Waals surface area contributed by atoms with E-state index in [4.69, 9.17) is 0 Å². The van der Waals surface area contributed by atoms with Crippen LogP contribution in [0.5, 0.6) is 0 Å². The minimum Gasteiger partial charge on any atom is -0.312 e. The molecule has 2 heteroatoms. The van der Waals surface area contributed by atoms with Gasteiger partial charge in [-0.05, 0) is 61.5 Å². The van der Waals surface area contributed by atoms with Crippen LogP contribution in [0.25, 0.3) is 0 Å². The number of hydrogen-bond acceptors (Lipinski definition) is 2. The second-order valence-electron chi connectivity index (χ2n) is 9.20. The topological polar surface area (TPSA) is 15.3 Å². The van der Waals surface area contributed by atoms with Gasteiger partial charge in [-0.1, -0.05) is 51.1 Å². The zero-order chi connectivity index (χ0) is 17.0. The van der Waals surface area contributed by atoms with E-state index in [0.29, 0.717) is 11.5 Å². The van der Waals surface area contributed by atoms with Gasteiger partial charge in [0.25, 0.3) is 0 Å². The van der Waals surface area contributed by atoms with E-state index in [1.165, 1.54) is 57.3 Å². The number of benzene rings is 1. The van der Waals surface area contributed by atoms with Crippen molar-refractivity contribution in [3.8, 4) is 0 Å². The molecule has 24 heavy (non-hydrogen) atoms. The van der Waals surface area contributed by atoms with Gasteiger partial charge in [0.15, 0.2) is 0 Å². The summed E-state index contributed by atoms with van der Waals surface area (Å²) in [7, 11) is 0. The molecule has 2 fully saturated rings. The fraction of sp³-hybridized carbons (Fsp3) is 0.727. The Bertz CT molecular complexity index is 482. The van der Waals surface area contributed by atoms with E-state index in [2.05, 4.69) is 61.3 Å². The second-order valence-corrected chi connectivity index (χ2v) is 9.20. The van der Waals surface area contributed by atoms with Gasteiger partial charge in [0.2, 0.25) is 0 Å². The predicted molar refractivity (Wildman–Crippen MR) is 103 cm³/mol. The van der Waals surface area contributed by atoms with Crippen LogP contribution in [0.1, 0.15) is 58.4 Å². The average molecular weight is 329 g/mol. The second kappa shape index (κ2) is 8.01. The van der Waals surface area contributed by atoms with Gasteiger partial charge >= 0.3 is 0 Å². The molecular weight excluding hydrogens is 292 g/mol. The molecule has 1 aromatic rings. The largest absolute Gasteiger partial charge is 0.312 e. The summed E-state index contributed by atoms with van der Waals surface area (Å²) in [6.45, 7) is 12.0. The highest BCUT2D eigenvalue weighted by molar-refractivity contribution is 5.14. The maximum atomic E-state index is 3.88. The molecule has 2 nitrogen and oxygen atoms in total. The number of likely N-dealkylation sites (tertiary alicyclic amines) is 1. The highest BCUT2D eigenvalue weighted by Gasteiger charge is 2.30. The third-order valence-electron chi connectivity index (χ3n) is 6.29. The summed E-state index contributed by atoms with van der Waals surface area (Å²) in [5.41, 5.74) is 1.94. The number of nitrogens with zero attached hydrogens (tertiary/aromatic N) is 1. The first-order valence-corrected chi connectivity index (χ1v) is 10.0. The molecule has 1 atom stereocenters. The van der Waals surface area contributed by atoms with Gasteiger partial charge in [-0.2, -0.15) is 0 Å². The molecule has 1 heterocycles. The lowest BCUT2D eigenvalue weighted by Crippen LogP contribution is -2.37. The van der Waals surface area contributed by atoms with Crippen LogP contribution in [0, 0.1) is 17.3 Å². The molecule has 0 radical (unpaired) electrons. The van der Waals surface area contributed by atoms with E-state index in [1.807, 2.05) is 0 Å². The lowest BCUT2D eigenvalue weighted by molar-refractivity contribution is 0.147. The SMILES string of the molecule is CC(C)(C)C1CCC(CNC2CCN(Cc3ccccc3)C2)CC1. The maximum absolute atomic E-state index is 3.88. The molecule has 0 spiro atoms. The molecule has 1 saturated carbocycles. The molecule has 0 bridgehead atoms. The zero-order valence-electron chi connectivity index (χ0n) is 15.9. The van der Waals surface area contributed by atoms with Gasteiger partial charge in [-0.3, -0.25) is 4.90 Å². The summed E-state index contributed by atoms with van der Waals surface area (Å²) in [4.78, 5) is 2.60. The molecule has 2 aliphatic rings. The van der Waals surface area contributed by atoms with Crippen LogP contribution in [-0.2, 0) is 6.54 Å². The zero-order valence-corrected chi connectivity index (χ0v) is 15.9. The Balaban J connectivity index is 1.35. The number of rotatable bonds is 5. The van der Waals surface area contributed by atoms with Crippen LogP contribution < -0.4 is 5.32 Å². The first-order valence-electron chi connectivity index (χ1n) is 10.0. The molecule has 1 saturated heterocycles. The van der Waals surface area contributed by atoms with Crippen LogP contribution in [0.2, 0.25) is 0 Å². The van der Waals surface area contributed by atoms with E-state index in [9.17, 15) is 0 Å². The predicted octanol–water partition coefficient (Wildman–Crippen LogP) is 4.70. The normalized spacial score (nSPS) is 29.0. The summed E-state index contributed by atoms with van der Waals surface area (Å²) >= 11 is 0. The quantitative estimate of drug-likeness (QED) is 0.842. The molecule has 134 valence electrons. The van der Waals surface area contributed by atoms with Crippen LogP contribution in [0.3, 0.4) is 0 Å². The van der Waals surface area contributed by atoms with Crippen molar-refractivity contribution < 1.29 is 0 Å². The lowest BCUT2D eigenvalue weighted by atomic mass is 9.70. The van der Waals surface area contributed by atoms with Crippen molar-refractivity contribution in [1.29, 1.82) is 0 Å². The molecule has 1 N–H and O–H groups in total. The van der Waals surface area contributed by atoms with Gasteiger partial charge in [-0.15, -0.1) is 0 Å². The molecule has 3 rings (SSSR count). The van der Waals surface area contributed by atoms with Gasteiger partial charge in [-0.25, -0.2) is 0 Å². The van der Waals surface area contributed by atoms with E-state index in [0.717, 1.165) is 18.4 Å². The fourth-order valence-electron chi connectivity index (χ4n) is 4.55. The van der Waals surface area contributed by atoms with Gasteiger partial charge < -0.3 is 5.32 Å². The summed E-state index contributed by atoms with van der Waals surface area (Å²) < 4.78 is 0. The van der Waals surface area contributed by atoms with Crippen molar-refractivity contribution in [1.82, 2.24) is 10.2 Å². The Hall–Kier alpha value is -0.860. The molecule has 1 aliphatic carbocycles. The van der Waals surface area contributed by atoms with Crippen molar-refractivity contribution in [3.63, 3.8) is 0 Å². The van der Waals surface area contributed by atoms with Crippen molar-refractivity contribution >= 4 is 0 Å². The van der Waals surface area contributed by atoms with Gasteiger partial charge in [0, 0.05) is 25.7 Å². The van der Waals surface area contributed by atoms with E-state index in [-0.39, 0.29) is 0 Å². The van der Waals surface area contributed by atoms with E-state index < -0.39 is 0 Å². The number of hydrogen-bond donors (Lipinski definition) is 1. The Morgan fingerprint density at radius 3 is 2.38 bits per heavy atom. The highest BCUT2D eigenvalue weighted by Crippen LogP contribution is 2.39. The summed E-state index contributed by atoms with van der Waals surface area (Å²) in [6, 6.07) is 11.6. The van der Waals surface area contributed by atoms with Crippen molar-refractivity contribution in [2.45, 2.75) is 65.5 Å². The van der Waals surface area contributed by atoms with Crippen LogP contribution >= 0.6 is 0 Å². The van der Waals surface area contributed by atoms with Crippen LogP contribution in [0.4, 0.5) is 0 Å². The van der Waals surface area contributed by atoms with Gasteiger partial charge in [0.1, 0.15) is 0 Å². The van der Waals surface area contributed by atoms with Crippen molar-refractivity contribution in [2.24, 2.45) is 17.3 Å². The Morgan fingerprint density at radius 2 is 1.71 bits per heavy atom. The third kappa shape index (κ3) is 5.07. The average Bonchev–Trinajstić information content (AvgIpc) is 3.01.